The summed E-state index contributed by atoms with van der Waals surface area (Å²) in [7, 11) is 0. The number of alkyl halides is 6. The molecule has 0 amide bonds. The molecule has 1 heterocycles. The molecule has 0 fully saturated rings. The van der Waals surface area contributed by atoms with E-state index in [1.54, 1.807) is 0 Å². The molecule has 0 aliphatic carbocycles. The molecule has 0 aliphatic heterocycles. The van der Waals surface area contributed by atoms with Gasteiger partial charge in [-0.25, -0.2) is 0 Å². The maximum absolute atomic E-state index is 12.4. The number of rotatable bonds is 2. The summed E-state index contributed by atoms with van der Waals surface area (Å²) in [4.78, 5) is 3.32. The predicted molar refractivity (Wildman–Crippen MR) is 45.0 cm³/mol. The highest BCUT2D eigenvalue weighted by Gasteiger charge is 2.40. The SMILES string of the molecule is OC(Cc1cnccc1C(F)(F)F)C(F)(F)F. The van der Waals surface area contributed by atoms with Gasteiger partial charge in [-0.1, -0.05) is 0 Å². The summed E-state index contributed by atoms with van der Waals surface area (Å²) >= 11 is 0. The summed E-state index contributed by atoms with van der Waals surface area (Å²) in [5.74, 6) is 0. The van der Waals surface area contributed by atoms with Crippen LogP contribution in [0.1, 0.15) is 11.1 Å². The second-order valence-corrected chi connectivity index (χ2v) is 3.29. The highest BCUT2D eigenvalue weighted by molar-refractivity contribution is 5.27. The van der Waals surface area contributed by atoms with Crippen LogP contribution >= 0.6 is 0 Å². The number of pyridine rings is 1. The highest BCUT2D eigenvalue weighted by atomic mass is 19.4. The van der Waals surface area contributed by atoms with Gasteiger partial charge in [0.2, 0.25) is 0 Å². The smallest absolute Gasteiger partial charge is 0.383 e. The molecule has 0 saturated heterocycles. The van der Waals surface area contributed by atoms with Gasteiger partial charge in [-0.2, -0.15) is 26.3 Å². The van der Waals surface area contributed by atoms with Crippen molar-refractivity contribution in [3.63, 3.8) is 0 Å². The molecule has 8 heteroatoms. The summed E-state index contributed by atoms with van der Waals surface area (Å²) in [6, 6.07) is 0.568. The van der Waals surface area contributed by atoms with E-state index in [2.05, 4.69) is 4.98 Å². The van der Waals surface area contributed by atoms with Crippen molar-refractivity contribution in [1.82, 2.24) is 4.98 Å². The zero-order chi connectivity index (χ0) is 13.3. The van der Waals surface area contributed by atoms with Gasteiger partial charge in [0.15, 0.2) is 6.10 Å². The van der Waals surface area contributed by atoms with Crippen LogP contribution in [-0.4, -0.2) is 22.4 Å². The topological polar surface area (TPSA) is 33.1 Å². The first-order chi connectivity index (χ1) is 7.62. The van der Waals surface area contributed by atoms with Crippen LogP contribution in [-0.2, 0) is 12.6 Å². The van der Waals surface area contributed by atoms with Crippen molar-refractivity contribution in [1.29, 1.82) is 0 Å². The van der Waals surface area contributed by atoms with E-state index in [0.717, 1.165) is 6.20 Å². The first kappa shape index (κ1) is 13.8. The Morgan fingerprint density at radius 1 is 1.18 bits per heavy atom. The molecular formula is C9H7F6NO. The first-order valence-electron chi connectivity index (χ1n) is 4.37. The van der Waals surface area contributed by atoms with Gasteiger partial charge in [-0.15, -0.1) is 0 Å². The molecule has 1 rings (SSSR count). The van der Waals surface area contributed by atoms with E-state index < -0.39 is 36.0 Å². The normalized spacial score (nSPS) is 14.8. The number of aliphatic hydroxyl groups excluding tert-OH is 1. The van der Waals surface area contributed by atoms with Crippen LogP contribution < -0.4 is 0 Å². The fraction of sp³-hybridized carbons (Fsp3) is 0.444. The number of aromatic nitrogens is 1. The van der Waals surface area contributed by atoms with Crippen molar-refractivity contribution in [2.45, 2.75) is 24.9 Å². The van der Waals surface area contributed by atoms with Crippen LogP contribution in [0, 0.1) is 0 Å². The van der Waals surface area contributed by atoms with E-state index in [0.29, 0.717) is 12.3 Å². The second-order valence-electron chi connectivity index (χ2n) is 3.29. The summed E-state index contributed by atoms with van der Waals surface area (Å²) in [6.07, 6.45) is -12.3. The summed E-state index contributed by atoms with van der Waals surface area (Å²) in [5, 5.41) is 8.71. The lowest BCUT2D eigenvalue weighted by atomic mass is 10.0. The van der Waals surface area contributed by atoms with Crippen LogP contribution in [0.4, 0.5) is 26.3 Å². The zero-order valence-corrected chi connectivity index (χ0v) is 8.18. The minimum Gasteiger partial charge on any atom is -0.383 e. The van der Waals surface area contributed by atoms with Crippen molar-refractivity contribution in [2.75, 3.05) is 0 Å². The molecule has 1 atom stereocenters. The van der Waals surface area contributed by atoms with Crippen molar-refractivity contribution in [2.24, 2.45) is 0 Å². The average molecular weight is 259 g/mol. The lowest BCUT2D eigenvalue weighted by molar-refractivity contribution is -0.203. The Hall–Kier alpha value is -1.31. The summed E-state index contributed by atoms with van der Waals surface area (Å²) in [5.41, 5.74) is -1.92. The predicted octanol–water partition coefficient (Wildman–Crippen LogP) is 2.57. The van der Waals surface area contributed by atoms with Gasteiger partial charge >= 0.3 is 12.4 Å². The monoisotopic (exact) mass is 259 g/mol. The van der Waals surface area contributed by atoms with E-state index in [1.165, 1.54) is 0 Å². The molecule has 0 bridgehead atoms. The van der Waals surface area contributed by atoms with Crippen LogP contribution in [0.2, 0.25) is 0 Å². The molecule has 2 nitrogen and oxygen atoms in total. The summed E-state index contributed by atoms with van der Waals surface area (Å²) < 4.78 is 73.2. The number of hydrogen-bond acceptors (Lipinski definition) is 2. The second kappa shape index (κ2) is 4.52. The molecule has 17 heavy (non-hydrogen) atoms. The lowest BCUT2D eigenvalue weighted by Gasteiger charge is -2.17. The van der Waals surface area contributed by atoms with Crippen LogP contribution in [0.3, 0.4) is 0 Å². The Morgan fingerprint density at radius 2 is 1.76 bits per heavy atom. The lowest BCUT2D eigenvalue weighted by Crippen LogP contribution is -2.31. The Kier molecular flexibility index (Phi) is 3.65. The molecule has 1 aromatic heterocycles. The molecule has 0 spiro atoms. The van der Waals surface area contributed by atoms with E-state index in [4.69, 9.17) is 5.11 Å². The van der Waals surface area contributed by atoms with Gasteiger partial charge in [0.05, 0.1) is 5.56 Å². The minimum absolute atomic E-state index is 0.568. The molecule has 0 radical (unpaired) electrons. The Balaban J connectivity index is 3.00. The molecule has 0 aliphatic rings. The van der Waals surface area contributed by atoms with Crippen molar-refractivity contribution >= 4 is 0 Å². The van der Waals surface area contributed by atoms with E-state index >= 15 is 0 Å². The Labute approximate surface area is 91.9 Å². The third-order valence-electron chi connectivity index (χ3n) is 2.00. The van der Waals surface area contributed by atoms with E-state index in [-0.39, 0.29) is 0 Å². The molecule has 1 aromatic rings. The van der Waals surface area contributed by atoms with Crippen LogP contribution in [0.25, 0.3) is 0 Å². The highest BCUT2D eigenvalue weighted by Crippen LogP contribution is 2.33. The van der Waals surface area contributed by atoms with Gasteiger partial charge in [0.25, 0.3) is 0 Å². The minimum atomic E-state index is -4.96. The maximum Gasteiger partial charge on any atom is 0.416 e. The fourth-order valence-corrected chi connectivity index (χ4v) is 1.19. The third kappa shape index (κ3) is 3.58. The van der Waals surface area contributed by atoms with Gasteiger partial charge in [-0.05, 0) is 11.6 Å². The summed E-state index contributed by atoms with van der Waals surface area (Å²) in [6.45, 7) is 0. The number of nitrogens with zero attached hydrogens (tertiary/aromatic N) is 1. The molecule has 1 unspecified atom stereocenters. The third-order valence-corrected chi connectivity index (χ3v) is 2.00. The van der Waals surface area contributed by atoms with Crippen molar-refractivity contribution < 1.29 is 31.4 Å². The number of aliphatic hydroxyl groups is 1. The largest absolute Gasteiger partial charge is 0.416 e. The maximum atomic E-state index is 12.4. The Morgan fingerprint density at radius 3 is 2.24 bits per heavy atom. The molecule has 96 valence electrons. The number of halogens is 6. The van der Waals surface area contributed by atoms with Crippen molar-refractivity contribution in [3.05, 3.63) is 29.6 Å². The molecule has 0 saturated carbocycles. The standard InChI is InChI=1S/C9H7F6NO/c10-8(11,12)6-1-2-16-4-5(6)3-7(17)9(13,14)15/h1-2,4,7,17H,3H2. The fourth-order valence-electron chi connectivity index (χ4n) is 1.19. The first-order valence-corrected chi connectivity index (χ1v) is 4.37. The average Bonchev–Trinajstić information content (AvgIpc) is 2.15. The Bertz CT molecular complexity index is 386. The van der Waals surface area contributed by atoms with Crippen molar-refractivity contribution in [3.8, 4) is 0 Å². The molecular weight excluding hydrogens is 252 g/mol. The molecule has 0 aromatic carbocycles. The van der Waals surface area contributed by atoms with Gasteiger partial charge in [-0.3, -0.25) is 4.98 Å². The van der Waals surface area contributed by atoms with Crippen LogP contribution in [0.15, 0.2) is 18.5 Å². The number of hydrogen-bond donors (Lipinski definition) is 1. The van der Waals surface area contributed by atoms with E-state index in [9.17, 15) is 26.3 Å². The van der Waals surface area contributed by atoms with E-state index in [1.807, 2.05) is 0 Å². The van der Waals surface area contributed by atoms with Gasteiger partial charge < -0.3 is 5.11 Å². The van der Waals surface area contributed by atoms with Gasteiger partial charge in [0, 0.05) is 18.8 Å². The zero-order valence-electron chi connectivity index (χ0n) is 8.18. The van der Waals surface area contributed by atoms with Gasteiger partial charge in [0.1, 0.15) is 0 Å². The molecule has 1 N–H and O–H groups in total. The van der Waals surface area contributed by atoms with Crippen LogP contribution in [0.5, 0.6) is 0 Å². The quantitative estimate of drug-likeness (QED) is 0.828.